The van der Waals surface area contributed by atoms with E-state index in [2.05, 4.69) is 0 Å². The number of aromatic hydroxyl groups is 1. The molecule has 0 aromatic heterocycles. The standard InChI is InChI=1S/C17H14O7/c1-6-12-14(17-10(23-6)5-11(19)24-17)15(20)8-3-7(22-2)4-9(18)13(8)16(12)21/h3-4,6,10,17-18H,5H2,1-2H3/t6-,10+,17-/m0/s1. The van der Waals surface area contributed by atoms with Gasteiger partial charge in [-0.25, -0.2) is 0 Å². The van der Waals surface area contributed by atoms with Crippen LogP contribution in [0.25, 0.3) is 0 Å². The van der Waals surface area contributed by atoms with E-state index in [0.717, 1.165) is 0 Å². The molecule has 3 atom stereocenters. The average Bonchev–Trinajstić information content (AvgIpc) is 2.90. The number of methoxy groups -OCH3 is 1. The number of esters is 1. The largest absolute Gasteiger partial charge is 0.507 e. The number of ether oxygens (including phenoxy) is 3. The van der Waals surface area contributed by atoms with Gasteiger partial charge >= 0.3 is 5.97 Å². The summed E-state index contributed by atoms with van der Waals surface area (Å²) in [5.74, 6) is -1.48. The van der Waals surface area contributed by atoms with Gasteiger partial charge in [0.2, 0.25) is 0 Å². The van der Waals surface area contributed by atoms with Crippen molar-refractivity contribution in [3.05, 3.63) is 34.4 Å². The van der Waals surface area contributed by atoms with Crippen LogP contribution < -0.4 is 4.74 Å². The number of hydrogen-bond donors (Lipinski definition) is 1. The lowest BCUT2D eigenvalue weighted by Gasteiger charge is -2.35. The topological polar surface area (TPSA) is 99.1 Å². The molecule has 1 N–H and O–H groups in total. The molecule has 0 saturated carbocycles. The second-order valence-electron chi connectivity index (χ2n) is 5.99. The van der Waals surface area contributed by atoms with Gasteiger partial charge in [0.1, 0.15) is 17.6 Å². The van der Waals surface area contributed by atoms with E-state index in [1.165, 1.54) is 19.2 Å². The van der Waals surface area contributed by atoms with E-state index in [1.54, 1.807) is 6.92 Å². The summed E-state index contributed by atoms with van der Waals surface area (Å²) < 4.78 is 16.0. The van der Waals surface area contributed by atoms with Gasteiger partial charge in [-0.2, -0.15) is 0 Å². The Kier molecular flexibility index (Phi) is 3.05. The molecule has 1 fully saturated rings. The van der Waals surface area contributed by atoms with Crippen molar-refractivity contribution in [2.45, 2.75) is 31.7 Å². The number of rotatable bonds is 1. The zero-order valence-corrected chi connectivity index (χ0v) is 13.0. The highest BCUT2D eigenvalue weighted by Crippen LogP contribution is 2.43. The molecule has 7 heteroatoms. The highest BCUT2D eigenvalue weighted by atomic mass is 16.6. The third kappa shape index (κ3) is 1.85. The van der Waals surface area contributed by atoms with E-state index in [1.807, 2.05) is 0 Å². The molecular weight excluding hydrogens is 316 g/mol. The van der Waals surface area contributed by atoms with Gasteiger partial charge in [0.15, 0.2) is 17.7 Å². The molecule has 4 rings (SSSR count). The first-order valence-electron chi connectivity index (χ1n) is 7.51. The van der Waals surface area contributed by atoms with Gasteiger partial charge in [0.05, 0.1) is 30.8 Å². The highest BCUT2D eigenvalue weighted by molar-refractivity contribution is 6.29. The predicted molar refractivity (Wildman–Crippen MR) is 79.2 cm³/mol. The Balaban J connectivity index is 1.93. The Morgan fingerprint density at radius 3 is 2.62 bits per heavy atom. The van der Waals surface area contributed by atoms with Gasteiger partial charge in [-0.1, -0.05) is 0 Å². The number of carbonyl (C=O) groups excluding carboxylic acids is 3. The molecule has 2 heterocycles. The van der Waals surface area contributed by atoms with Crippen LogP contribution in [0.3, 0.4) is 0 Å². The Bertz CT molecular complexity index is 836. The van der Waals surface area contributed by atoms with E-state index in [0.29, 0.717) is 0 Å². The van der Waals surface area contributed by atoms with Gasteiger partial charge < -0.3 is 19.3 Å². The number of carbonyl (C=O) groups is 3. The lowest BCUT2D eigenvalue weighted by atomic mass is 9.77. The van der Waals surface area contributed by atoms with Crippen LogP contribution in [-0.2, 0) is 14.3 Å². The van der Waals surface area contributed by atoms with Gasteiger partial charge in [-0.05, 0) is 13.0 Å². The molecule has 0 spiro atoms. The van der Waals surface area contributed by atoms with Crippen molar-refractivity contribution in [2.24, 2.45) is 0 Å². The van der Waals surface area contributed by atoms with Crippen LogP contribution >= 0.6 is 0 Å². The lowest BCUT2D eigenvalue weighted by Crippen LogP contribution is -2.44. The summed E-state index contributed by atoms with van der Waals surface area (Å²) in [6.45, 7) is 1.64. The molecule has 0 bridgehead atoms. The van der Waals surface area contributed by atoms with Crippen LogP contribution in [0.2, 0.25) is 0 Å². The quantitative estimate of drug-likeness (QED) is 0.772. The molecular formula is C17H14O7. The molecule has 1 aromatic rings. The molecule has 24 heavy (non-hydrogen) atoms. The number of hydrogen-bond acceptors (Lipinski definition) is 7. The number of Topliss-reactive ketones (excluding diaryl/α,β-unsaturated/α-hetero) is 2. The Hall–Kier alpha value is -2.67. The first-order chi connectivity index (χ1) is 11.4. The van der Waals surface area contributed by atoms with E-state index in [4.69, 9.17) is 14.2 Å². The third-order valence-electron chi connectivity index (χ3n) is 4.61. The fraction of sp³-hybridized carbons (Fsp3) is 0.353. The Labute approximate surface area is 136 Å². The SMILES string of the molecule is COc1cc(O)c2c(c1)C(=O)C1=C(C2=O)[C@H](C)O[C@@H]2CC(=O)O[C@H]12. The summed E-state index contributed by atoms with van der Waals surface area (Å²) in [6, 6.07) is 2.69. The first-order valence-corrected chi connectivity index (χ1v) is 7.51. The number of ketones is 2. The summed E-state index contributed by atoms with van der Waals surface area (Å²) >= 11 is 0. The van der Waals surface area contributed by atoms with Crippen LogP contribution in [0.5, 0.6) is 11.5 Å². The second-order valence-corrected chi connectivity index (χ2v) is 5.99. The molecule has 0 unspecified atom stereocenters. The molecule has 3 aliphatic rings. The lowest BCUT2D eigenvalue weighted by molar-refractivity contribution is -0.140. The van der Waals surface area contributed by atoms with E-state index >= 15 is 0 Å². The molecule has 1 saturated heterocycles. The van der Waals surface area contributed by atoms with Crippen molar-refractivity contribution < 1.29 is 33.7 Å². The van der Waals surface area contributed by atoms with Crippen molar-refractivity contribution in [1.29, 1.82) is 0 Å². The van der Waals surface area contributed by atoms with Crippen LogP contribution in [-0.4, -0.2) is 48.1 Å². The molecule has 1 aliphatic carbocycles. The zero-order valence-electron chi connectivity index (χ0n) is 13.0. The number of benzene rings is 1. The maximum atomic E-state index is 13.0. The highest BCUT2D eigenvalue weighted by Gasteiger charge is 2.51. The van der Waals surface area contributed by atoms with E-state index in [-0.39, 0.29) is 40.2 Å². The van der Waals surface area contributed by atoms with Crippen LogP contribution in [0.15, 0.2) is 23.3 Å². The molecule has 124 valence electrons. The van der Waals surface area contributed by atoms with Gasteiger partial charge in [0, 0.05) is 17.2 Å². The predicted octanol–water partition coefficient (Wildman–Crippen LogP) is 1.18. The first kappa shape index (κ1) is 14.9. The van der Waals surface area contributed by atoms with E-state index in [9.17, 15) is 19.5 Å². The van der Waals surface area contributed by atoms with Crippen molar-refractivity contribution in [2.75, 3.05) is 7.11 Å². The number of phenols is 1. The summed E-state index contributed by atoms with van der Waals surface area (Å²) in [7, 11) is 1.40. The van der Waals surface area contributed by atoms with Crippen molar-refractivity contribution >= 4 is 17.5 Å². The minimum Gasteiger partial charge on any atom is -0.507 e. The van der Waals surface area contributed by atoms with Gasteiger partial charge in [-0.15, -0.1) is 0 Å². The van der Waals surface area contributed by atoms with Crippen LogP contribution in [0, 0.1) is 0 Å². The average molecular weight is 330 g/mol. The van der Waals surface area contributed by atoms with Gasteiger partial charge in [0.25, 0.3) is 0 Å². The number of fused-ring (bicyclic) bond motifs is 3. The monoisotopic (exact) mass is 330 g/mol. The Morgan fingerprint density at radius 1 is 1.17 bits per heavy atom. The van der Waals surface area contributed by atoms with Crippen LogP contribution in [0.4, 0.5) is 0 Å². The molecule has 0 radical (unpaired) electrons. The minimum atomic E-state index is -0.887. The summed E-state index contributed by atoms with van der Waals surface area (Å²) in [5.41, 5.74) is 0.267. The van der Waals surface area contributed by atoms with Gasteiger partial charge in [-0.3, -0.25) is 14.4 Å². The maximum Gasteiger partial charge on any atom is 0.309 e. The normalized spacial score (nSPS) is 28.2. The van der Waals surface area contributed by atoms with Crippen molar-refractivity contribution in [3.8, 4) is 11.5 Å². The molecule has 0 amide bonds. The fourth-order valence-corrected chi connectivity index (χ4v) is 3.58. The fourth-order valence-electron chi connectivity index (χ4n) is 3.58. The molecule has 7 nitrogen and oxygen atoms in total. The maximum absolute atomic E-state index is 13.0. The molecule has 2 aliphatic heterocycles. The molecule has 1 aromatic carbocycles. The van der Waals surface area contributed by atoms with Crippen molar-refractivity contribution in [1.82, 2.24) is 0 Å². The number of phenolic OH excluding ortho intramolecular Hbond substituents is 1. The zero-order chi connectivity index (χ0) is 17.2. The Morgan fingerprint density at radius 2 is 1.92 bits per heavy atom. The smallest absolute Gasteiger partial charge is 0.309 e. The minimum absolute atomic E-state index is 0.0451. The summed E-state index contributed by atoms with van der Waals surface area (Å²) in [5, 5.41) is 10.2. The second kappa shape index (κ2) is 4.91. The van der Waals surface area contributed by atoms with E-state index < -0.39 is 35.8 Å². The summed E-state index contributed by atoms with van der Waals surface area (Å²) in [6.07, 6.45) is -2.09. The summed E-state index contributed by atoms with van der Waals surface area (Å²) in [4.78, 5) is 37.5. The van der Waals surface area contributed by atoms with Crippen LogP contribution in [0.1, 0.15) is 34.1 Å². The third-order valence-corrected chi connectivity index (χ3v) is 4.61. The van der Waals surface area contributed by atoms with Crippen molar-refractivity contribution in [3.63, 3.8) is 0 Å².